The predicted octanol–water partition coefficient (Wildman–Crippen LogP) is 4.84. The Morgan fingerprint density at radius 3 is 2.35 bits per heavy atom. The molecule has 0 radical (unpaired) electrons. The third-order valence-electron chi connectivity index (χ3n) is 4.57. The molecule has 31 heavy (non-hydrogen) atoms. The zero-order valence-electron chi connectivity index (χ0n) is 17.9. The number of halogens is 1. The van der Waals surface area contributed by atoms with Gasteiger partial charge in [-0.1, -0.05) is 11.6 Å². The minimum atomic E-state index is -0.135. The van der Waals surface area contributed by atoms with Crippen molar-refractivity contribution in [2.45, 2.75) is 6.42 Å². The van der Waals surface area contributed by atoms with Gasteiger partial charge in [0.2, 0.25) is 0 Å². The molecular formula is C23H26ClN3O3S. The van der Waals surface area contributed by atoms with Crippen molar-refractivity contribution in [1.82, 2.24) is 9.88 Å². The molecule has 0 aliphatic heterocycles. The van der Waals surface area contributed by atoms with Gasteiger partial charge in [0, 0.05) is 22.5 Å². The fourth-order valence-electron chi connectivity index (χ4n) is 2.91. The first kappa shape index (κ1) is 23.1. The molecule has 3 aromatic rings. The van der Waals surface area contributed by atoms with E-state index in [1.165, 1.54) is 11.3 Å². The summed E-state index contributed by atoms with van der Waals surface area (Å²) in [6.07, 6.45) is 0.830. The molecule has 0 unspecified atom stereocenters. The van der Waals surface area contributed by atoms with Gasteiger partial charge in [0.1, 0.15) is 11.5 Å². The van der Waals surface area contributed by atoms with Crippen LogP contribution in [-0.4, -0.2) is 56.7 Å². The molecule has 8 heteroatoms. The summed E-state index contributed by atoms with van der Waals surface area (Å²) in [4.78, 5) is 21.5. The highest BCUT2D eigenvalue weighted by Crippen LogP contribution is 2.29. The van der Waals surface area contributed by atoms with Crippen LogP contribution < -0.4 is 14.4 Å². The van der Waals surface area contributed by atoms with Gasteiger partial charge in [0.15, 0.2) is 11.7 Å². The molecule has 0 aliphatic rings. The number of hydrogen-bond acceptors (Lipinski definition) is 6. The van der Waals surface area contributed by atoms with E-state index in [1.54, 1.807) is 36.3 Å². The maximum atomic E-state index is 13.0. The maximum Gasteiger partial charge on any atom is 0.266 e. The van der Waals surface area contributed by atoms with Crippen LogP contribution in [0.15, 0.2) is 53.9 Å². The molecule has 0 bridgehead atoms. The van der Waals surface area contributed by atoms with Crippen molar-refractivity contribution in [3.8, 4) is 22.8 Å². The summed E-state index contributed by atoms with van der Waals surface area (Å²) in [5.41, 5.74) is 1.80. The van der Waals surface area contributed by atoms with Crippen LogP contribution in [0.25, 0.3) is 11.3 Å². The van der Waals surface area contributed by atoms with Crippen LogP contribution in [0.1, 0.15) is 6.42 Å². The van der Waals surface area contributed by atoms with Crippen molar-refractivity contribution < 1.29 is 14.3 Å². The van der Waals surface area contributed by atoms with Crippen LogP contribution in [-0.2, 0) is 4.79 Å². The Bertz CT molecular complexity index is 974. The topological polar surface area (TPSA) is 54.9 Å². The summed E-state index contributed by atoms with van der Waals surface area (Å²) < 4.78 is 10.9. The summed E-state index contributed by atoms with van der Waals surface area (Å²) >= 11 is 7.36. The van der Waals surface area contributed by atoms with Crippen LogP contribution in [0, 0.1) is 0 Å². The molecule has 0 saturated heterocycles. The lowest BCUT2D eigenvalue weighted by molar-refractivity contribution is -0.120. The summed E-state index contributed by atoms with van der Waals surface area (Å²) in [6.45, 7) is 1.37. The summed E-state index contributed by atoms with van der Waals surface area (Å²) in [5.74, 6) is 1.26. The van der Waals surface area contributed by atoms with E-state index >= 15 is 0 Å². The van der Waals surface area contributed by atoms with Crippen LogP contribution in [0.2, 0.25) is 5.02 Å². The third-order valence-corrected chi connectivity index (χ3v) is 5.69. The highest BCUT2D eigenvalue weighted by Gasteiger charge is 2.20. The van der Waals surface area contributed by atoms with Gasteiger partial charge in [-0.25, -0.2) is 4.98 Å². The SMILES string of the molecule is COc1ccc(-c2csc(N(CCCN(C)C)C(=O)COc3ccc(Cl)cc3)n2)cc1. The van der Waals surface area contributed by atoms with Crippen LogP contribution >= 0.6 is 22.9 Å². The first-order valence-corrected chi connectivity index (χ1v) is 11.2. The number of rotatable bonds is 10. The molecule has 0 N–H and O–H groups in total. The molecule has 1 heterocycles. The van der Waals surface area contributed by atoms with E-state index in [1.807, 2.05) is 43.7 Å². The van der Waals surface area contributed by atoms with E-state index in [2.05, 4.69) is 4.90 Å². The van der Waals surface area contributed by atoms with E-state index in [0.717, 1.165) is 30.0 Å². The monoisotopic (exact) mass is 459 g/mol. The first-order chi connectivity index (χ1) is 15.0. The molecule has 0 spiro atoms. The number of carbonyl (C=O) groups excluding carboxylic acids is 1. The number of benzene rings is 2. The summed E-state index contributed by atoms with van der Waals surface area (Å²) in [7, 11) is 5.67. The molecule has 6 nitrogen and oxygen atoms in total. The standard InChI is InChI=1S/C23H26ClN3O3S/c1-26(2)13-4-14-27(22(28)15-30-20-11-7-18(24)8-12-20)23-25-21(16-31-23)17-5-9-19(29-3)10-6-17/h5-12,16H,4,13-15H2,1-3H3. The number of thiazole rings is 1. The van der Waals surface area contributed by atoms with Gasteiger partial charge < -0.3 is 14.4 Å². The second kappa shape index (κ2) is 11.1. The van der Waals surface area contributed by atoms with E-state index in [-0.39, 0.29) is 12.5 Å². The Hall–Kier alpha value is -2.61. The van der Waals surface area contributed by atoms with E-state index in [9.17, 15) is 4.79 Å². The van der Waals surface area contributed by atoms with Crippen molar-refractivity contribution in [3.63, 3.8) is 0 Å². The van der Waals surface area contributed by atoms with Crippen molar-refractivity contribution in [3.05, 3.63) is 58.9 Å². The molecule has 164 valence electrons. The lowest BCUT2D eigenvalue weighted by Gasteiger charge is -2.21. The third kappa shape index (κ3) is 6.69. The molecular weight excluding hydrogens is 434 g/mol. The number of anilines is 1. The average Bonchev–Trinajstić information content (AvgIpc) is 3.26. The maximum absolute atomic E-state index is 13.0. The molecule has 1 aromatic heterocycles. The predicted molar refractivity (Wildman–Crippen MR) is 127 cm³/mol. The Labute approximate surface area is 192 Å². The first-order valence-electron chi connectivity index (χ1n) is 9.89. The minimum absolute atomic E-state index is 0.0684. The van der Waals surface area contributed by atoms with Crippen molar-refractivity contribution in [2.75, 3.05) is 45.8 Å². The van der Waals surface area contributed by atoms with E-state index < -0.39 is 0 Å². The Morgan fingerprint density at radius 1 is 1.03 bits per heavy atom. The molecule has 0 saturated carbocycles. The summed E-state index contributed by atoms with van der Waals surface area (Å²) in [5, 5.41) is 3.25. The van der Waals surface area contributed by atoms with Crippen molar-refractivity contribution in [2.24, 2.45) is 0 Å². The molecule has 2 aromatic carbocycles. The fraction of sp³-hybridized carbons (Fsp3) is 0.304. The molecule has 3 rings (SSSR count). The second-order valence-electron chi connectivity index (χ2n) is 7.19. The molecule has 1 amide bonds. The molecule has 0 fully saturated rings. The lowest BCUT2D eigenvalue weighted by Crippen LogP contribution is -2.36. The van der Waals surface area contributed by atoms with Gasteiger partial charge in [-0.05, 0) is 75.6 Å². The zero-order valence-corrected chi connectivity index (χ0v) is 19.4. The highest BCUT2D eigenvalue weighted by molar-refractivity contribution is 7.14. The minimum Gasteiger partial charge on any atom is -0.497 e. The number of aromatic nitrogens is 1. The zero-order chi connectivity index (χ0) is 22.2. The number of methoxy groups -OCH3 is 1. The number of nitrogens with zero attached hydrogens (tertiary/aromatic N) is 3. The molecule has 0 atom stereocenters. The van der Waals surface area contributed by atoms with Gasteiger partial charge in [-0.3, -0.25) is 9.69 Å². The van der Waals surface area contributed by atoms with Crippen LogP contribution in [0.3, 0.4) is 0 Å². The highest BCUT2D eigenvalue weighted by atomic mass is 35.5. The van der Waals surface area contributed by atoms with Crippen molar-refractivity contribution in [1.29, 1.82) is 0 Å². The summed E-state index contributed by atoms with van der Waals surface area (Å²) in [6, 6.07) is 14.7. The van der Waals surface area contributed by atoms with E-state index in [0.29, 0.717) is 22.4 Å². The quantitative estimate of drug-likeness (QED) is 0.434. The number of carbonyl (C=O) groups is 1. The average molecular weight is 460 g/mol. The van der Waals surface area contributed by atoms with E-state index in [4.69, 9.17) is 26.1 Å². The van der Waals surface area contributed by atoms with Gasteiger partial charge in [0.05, 0.1) is 12.8 Å². The van der Waals surface area contributed by atoms with Crippen LogP contribution in [0.5, 0.6) is 11.5 Å². The Kier molecular flexibility index (Phi) is 8.28. The number of hydrogen-bond donors (Lipinski definition) is 0. The van der Waals surface area contributed by atoms with Gasteiger partial charge in [-0.2, -0.15) is 0 Å². The van der Waals surface area contributed by atoms with Crippen molar-refractivity contribution >= 4 is 34.0 Å². The normalized spacial score (nSPS) is 10.9. The van der Waals surface area contributed by atoms with Gasteiger partial charge >= 0.3 is 0 Å². The van der Waals surface area contributed by atoms with Gasteiger partial charge in [-0.15, -0.1) is 11.3 Å². The van der Waals surface area contributed by atoms with Gasteiger partial charge in [0.25, 0.3) is 5.91 Å². The smallest absolute Gasteiger partial charge is 0.266 e. The second-order valence-corrected chi connectivity index (χ2v) is 8.46. The Morgan fingerprint density at radius 2 is 1.71 bits per heavy atom. The molecule has 0 aliphatic carbocycles. The van der Waals surface area contributed by atoms with Crippen LogP contribution in [0.4, 0.5) is 5.13 Å². The number of ether oxygens (including phenoxy) is 2. The number of amides is 1. The Balaban J connectivity index is 1.73. The largest absolute Gasteiger partial charge is 0.497 e. The lowest BCUT2D eigenvalue weighted by atomic mass is 10.2. The fourth-order valence-corrected chi connectivity index (χ4v) is 3.91.